The lowest BCUT2D eigenvalue weighted by Crippen LogP contribution is -2.48. The SMILES string of the molecule is COc1ccc(-c2ccc3c(c2)[C@H]2[C@H](CCN2C(=O)c2ccccc2F)[C@H](CO)N3C)cc1. The lowest BCUT2D eigenvalue weighted by atomic mass is 9.81. The van der Waals surface area contributed by atoms with E-state index in [4.69, 9.17) is 4.74 Å². The van der Waals surface area contributed by atoms with Crippen molar-refractivity contribution in [2.24, 2.45) is 5.92 Å². The summed E-state index contributed by atoms with van der Waals surface area (Å²) in [7, 11) is 3.63. The van der Waals surface area contributed by atoms with Crippen molar-refractivity contribution in [2.75, 3.05) is 32.2 Å². The van der Waals surface area contributed by atoms with Crippen molar-refractivity contribution in [2.45, 2.75) is 18.5 Å². The van der Waals surface area contributed by atoms with Crippen molar-refractivity contribution in [3.8, 4) is 16.9 Å². The zero-order valence-electron chi connectivity index (χ0n) is 18.7. The quantitative estimate of drug-likeness (QED) is 0.641. The topological polar surface area (TPSA) is 53.0 Å². The first-order valence-electron chi connectivity index (χ1n) is 11.2. The molecule has 3 aromatic rings. The first-order valence-corrected chi connectivity index (χ1v) is 11.2. The molecule has 1 fully saturated rings. The van der Waals surface area contributed by atoms with E-state index in [9.17, 15) is 14.3 Å². The van der Waals surface area contributed by atoms with Gasteiger partial charge >= 0.3 is 0 Å². The fourth-order valence-electron chi connectivity index (χ4n) is 5.43. The number of amides is 1. The van der Waals surface area contributed by atoms with Crippen LogP contribution in [0.2, 0.25) is 0 Å². The van der Waals surface area contributed by atoms with Gasteiger partial charge in [-0.05, 0) is 59.5 Å². The van der Waals surface area contributed by atoms with Crippen molar-refractivity contribution in [1.82, 2.24) is 4.90 Å². The highest BCUT2D eigenvalue weighted by atomic mass is 19.1. The molecule has 0 aromatic heterocycles. The molecule has 3 atom stereocenters. The number of aliphatic hydroxyl groups excluding tert-OH is 1. The predicted octanol–water partition coefficient (Wildman–Crippen LogP) is 4.52. The largest absolute Gasteiger partial charge is 0.497 e. The molecule has 5 nitrogen and oxygen atoms in total. The van der Waals surface area contributed by atoms with Crippen LogP contribution in [-0.2, 0) is 0 Å². The number of nitrogens with zero attached hydrogens (tertiary/aromatic N) is 2. The first-order chi connectivity index (χ1) is 16.0. The number of methoxy groups -OCH3 is 1. The van der Waals surface area contributed by atoms with Crippen molar-refractivity contribution in [3.63, 3.8) is 0 Å². The lowest BCUT2D eigenvalue weighted by Gasteiger charge is -2.44. The standard InChI is InChI=1S/C27H27FN2O3/c1-29-24-12-9-18(17-7-10-19(33-2)11-8-17)15-22(24)26-21(25(29)16-31)13-14-30(26)27(32)20-5-3-4-6-23(20)28/h3-12,15,21,25-26,31H,13-14,16H2,1-2H3/t21-,25+,26-/m1/s1. The van der Waals surface area contributed by atoms with E-state index in [1.165, 1.54) is 12.1 Å². The summed E-state index contributed by atoms with van der Waals surface area (Å²) in [5.74, 6) is 0.0431. The number of fused-ring (bicyclic) bond motifs is 3. The maximum atomic E-state index is 14.5. The Morgan fingerprint density at radius 1 is 1.09 bits per heavy atom. The van der Waals surface area contributed by atoms with Crippen LogP contribution in [0.3, 0.4) is 0 Å². The highest BCUT2D eigenvalue weighted by molar-refractivity contribution is 5.95. The lowest BCUT2D eigenvalue weighted by molar-refractivity contribution is 0.0689. The minimum absolute atomic E-state index is 0.000926. The van der Waals surface area contributed by atoms with E-state index in [0.29, 0.717) is 6.54 Å². The molecule has 170 valence electrons. The number of anilines is 1. The van der Waals surface area contributed by atoms with E-state index < -0.39 is 5.82 Å². The second kappa shape index (κ2) is 8.52. The molecular formula is C27H27FN2O3. The summed E-state index contributed by atoms with van der Waals surface area (Å²) in [6.45, 7) is 0.526. The number of likely N-dealkylation sites (N-methyl/N-ethyl adjacent to an activating group) is 1. The predicted molar refractivity (Wildman–Crippen MR) is 126 cm³/mol. The van der Waals surface area contributed by atoms with Gasteiger partial charge in [-0.25, -0.2) is 4.39 Å². The maximum Gasteiger partial charge on any atom is 0.257 e. The molecule has 0 saturated carbocycles. The van der Waals surface area contributed by atoms with Gasteiger partial charge in [-0.15, -0.1) is 0 Å². The zero-order chi connectivity index (χ0) is 23.1. The second-order valence-corrected chi connectivity index (χ2v) is 8.74. The van der Waals surface area contributed by atoms with Crippen LogP contribution >= 0.6 is 0 Å². The molecule has 6 heteroatoms. The highest BCUT2D eigenvalue weighted by Crippen LogP contribution is 2.49. The van der Waals surface area contributed by atoms with E-state index in [2.05, 4.69) is 23.1 Å². The summed E-state index contributed by atoms with van der Waals surface area (Å²) in [5.41, 5.74) is 4.19. The van der Waals surface area contributed by atoms with E-state index in [0.717, 1.165) is 34.5 Å². The summed E-state index contributed by atoms with van der Waals surface area (Å²) in [6.07, 6.45) is 0.757. The van der Waals surface area contributed by atoms with E-state index in [1.807, 2.05) is 31.3 Å². The molecule has 0 spiro atoms. The number of likely N-dealkylation sites (tertiary alicyclic amines) is 1. The molecule has 0 aliphatic carbocycles. The zero-order valence-corrected chi connectivity index (χ0v) is 18.7. The van der Waals surface area contributed by atoms with Gasteiger partial charge in [0, 0.05) is 25.2 Å². The minimum Gasteiger partial charge on any atom is -0.497 e. The van der Waals surface area contributed by atoms with Crippen molar-refractivity contribution < 1.29 is 19.0 Å². The van der Waals surface area contributed by atoms with Gasteiger partial charge < -0.3 is 19.6 Å². The summed E-state index contributed by atoms with van der Waals surface area (Å²) in [6, 6.07) is 19.9. The van der Waals surface area contributed by atoms with Crippen molar-refractivity contribution in [1.29, 1.82) is 0 Å². The Balaban J connectivity index is 1.59. The van der Waals surface area contributed by atoms with Crippen molar-refractivity contribution >= 4 is 11.6 Å². The van der Waals surface area contributed by atoms with Gasteiger partial charge in [0.25, 0.3) is 5.91 Å². The number of carbonyl (C=O) groups is 1. The molecule has 1 amide bonds. The number of halogens is 1. The Kier molecular flexibility index (Phi) is 5.54. The molecule has 2 heterocycles. The number of hydrogen-bond donors (Lipinski definition) is 1. The fraction of sp³-hybridized carbons (Fsp3) is 0.296. The van der Waals surface area contributed by atoms with Crippen LogP contribution in [0, 0.1) is 11.7 Å². The monoisotopic (exact) mass is 446 g/mol. The van der Waals surface area contributed by atoms with Crippen LogP contribution in [0.1, 0.15) is 28.4 Å². The Labute approximate surface area is 193 Å². The Morgan fingerprint density at radius 3 is 2.52 bits per heavy atom. The molecule has 2 aliphatic rings. The average Bonchev–Trinajstić information content (AvgIpc) is 3.29. The molecule has 1 saturated heterocycles. The molecule has 0 radical (unpaired) electrons. The molecule has 0 bridgehead atoms. The number of rotatable bonds is 4. The Bertz CT molecular complexity index is 1180. The Morgan fingerprint density at radius 2 is 1.82 bits per heavy atom. The third kappa shape index (κ3) is 3.55. The van der Waals surface area contributed by atoms with Gasteiger partial charge in [0.2, 0.25) is 0 Å². The van der Waals surface area contributed by atoms with E-state index in [1.54, 1.807) is 24.1 Å². The van der Waals surface area contributed by atoms with Crippen LogP contribution in [0.15, 0.2) is 66.7 Å². The van der Waals surface area contributed by atoms with Gasteiger partial charge in [0.15, 0.2) is 0 Å². The smallest absolute Gasteiger partial charge is 0.257 e. The van der Waals surface area contributed by atoms with Gasteiger partial charge in [-0.1, -0.05) is 30.3 Å². The molecule has 2 aliphatic heterocycles. The number of aliphatic hydroxyl groups is 1. The first kappa shape index (κ1) is 21.5. The van der Waals surface area contributed by atoms with Crippen LogP contribution in [0.25, 0.3) is 11.1 Å². The Hall–Kier alpha value is -3.38. The van der Waals surface area contributed by atoms with Crippen molar-refractivity contribution in [3.05, 3.63) is 83.7 Å². The number of ether oxygens (including phenoxy) is 1. The number of benzene rings is 3. The van der Waals surface area contributed by atoms with Gasteiger partial charge in [-0.3, -0.25) is 4.79 Å². The van der Waals surface area contributed by atoms with Gasteiger partial charge in [0.05, 0.1) is 31.4 Å². The minimum atomic E-state index is -0.509. The van der Waals surface area contributed by atoms with E-state index in [-0.39, 0.29) is 36.1 Å². The van der Waals surface area contributed by atoms with Gasteiger partial charge in [-0.2, -0.15) is 0 Å². The maximum absolute atomic E-state index is 14.5. The third-order valence-electron chi connectivity index (χ3n) is 7.14. The van der Waals surface area contributed by atoms with Crippen LogP contribution in [0.5, 0.6) is 5.75 Å². The third-order valence-corrected chi connectivity index (χ3v) is 7.14. The summed E-state index contributed by atoms with van der Waals surface area (Å²) >= 11 is 0. The normalized spacial score (nSPS) is 21.5. The summed E-state index contributed by atoms with van der Waals surface area (Å²) in [5, 5.41) is 10.2. The molecule has 33 heavy (non-hydrogen) atoms. The van der Waals surface area contributed by atoms with E-state index >= 15 is 0 Å². The van der Waals surface area contributed by atoms with Crippen LogP contribution in [-0.4, -0.2) is 49.3 Å². The average molecular weight is 447 g/mol. The van der Waals surface area contributed by atoms with Crippen LogP contribution < -0.4 is 9.64 Å². The highest BCUT2D eigenvalue weighted by Gasteiger charge is 2.48. The molecule has 0 unspecified atom stereocenters. The molecule has 5 rings (SSSR count). The number of carbonyl (C=O) groups excluding carboxylic acids is 1. The molecule has 1 N–H and O–H groups in total. The van der Waals surface area contributed by atoms with Gasteiger partial charge in [0.1, 0.15) is 11.6 Å². The summed E-state index contributed by atoms with van der Waals surface area (Å²) in [4.78, 5) is 17.3. The van der Waals surface area contributed by atoms with Crippen LogP contribution in [0.4, 0.5) is 10.1 Å². The summed E-state index contributed by atoms with van der Waals surface area (Å²) < 4.78 is 19.7. The number of hydrogen-bond acceptors (Lipinski definition) is 4. The molecular weight excluding hydrogens is 419 g/mol. The second-order valence-electron chi connectivity index (χ2n) is 8.74. The fourth-order valence-corrected chi connectivity index (χ4v) is 5.43. The molecule has 3 aromatic carbocycles.